The maximum Gasteiger partial charge on any atom is 0.414 e. The zero-order chi connectivity index (χ0) is 14.1. The summed E-state index contributed by atoms with van der Waals surface area (Å²) in [6.07, 6.45) is 12.3. The van der Waals surface area contributed by atoms with Crippen LogP contribution in [0.1, 0.15) is 71.6 Å². The number of carbonyl (C=O) groups excluding carboxylic acids is 1. The molecule has 1 heterocycles. The lowest BCUT2D eigenvalue weighted by atomic mass is 9.93. The Kier molecular flexibility index (Phi) is 6.96. The molecule has 1 aliphatic rings. The van der Waals surface area contributed by atoms with Gasteiger partial charge >= 0.3 is 6.09 Å². The Hall–Kier alpha value is -0.990. The van der Waals surface area contributed by atoms with Gasteiger partial charge in [-0.15, -0.1) is 0 Å². The molecule has 3 heteroatoms. The molecule has 0 aromatic heterocycles. The third kappa shape index (κ3) is 4.88. The molecule has 0 aromatic carbocycles. The number of ether oxygens (including phenoxy) is 1. The van der Waals surface area contributed by atoms with E-state index in [9.17, 15) is 4.79 Å². The summed E-state index contributed by atoms with van der Waals surface area (Å²) in [5.74, 6) is 0. The topological polar surface area (TPSA) is 29.5 Å². The van der Waals surface area contributed by atoms with Crippen LogP contribution in [0.25, 0.3) is 0 Å². The maximum absolute atomic E-state index is 11.6. The molecule has 0 N–H and O–H groups in total. The summed E-state index contributed by atoms with van der Waals surface area (Å²) in [5.41, 5.74) is -0.269. The molecule has 1 aliphatic heterocycles. The minimum atomic E-state index is -0.269. The normalized spacial score (nSPS) is 22.6. The average Bonchev–Trinajstić information content (AvgIpc) is 2.75. The molecule has 3 nitrogen and oxygen atoms in total. The highest BCUT2D eigenvalue weighted by Gasteiger charge is 2.42. The van der Waals surface area contributed by atoms with E-state index in [1.165, 1.54) is 38.5 Å². The fraction of sp³-hybridized carbons (Fsp3) is 0.812. The zero-order valence-electron chi connectivity index (χ0n) is 12.6. The van der Waals surface area contributed by atoms with Crippen LogP contribution >= 0.6 is 0 Å². The van der Waals surface area contributed by atoms with Crippen molar-refractivity contribution in [2.75, 3.05) is 6.54 Å². The molecule has 0 aromatic rings. The number of hydrogen-bond donors (Lipinski definition) is 0. The molecule has 0 spiro atoms. The molecule has 0 saturated carbocycles. The fourth-order valence-electron chi connectivity index (χ4n) is 2.69. The minimum absolute atomic E-state index is 0.236. The van der Waals surface area contributed by atoms with Crippen LogP contribution in [-0.4, -0.2) is 23.1 Å². The molecule has 0 bridgehead atoms. The second-order valence-corrected chi connectivity index (χ2v) is 5.59. The first-order chi connectivity index (χ1) is 9.17. The maximum atomic E-state index is 11.6. The van der Waals surface area contributed by atoms with E-state index in [-0.39, 0.29) is 11.7 Å². The predicted molar refractivity (Wildman–Crippen MR) is 79.0 cm³/mol. The smallest absolute Gasteiger partial charge is 0.414 e. The third-order valence-corrected chi connectivity index (χ3v) is 4.10. The minimum Gasteiger partial charge on any atom is -0.441 e. The van der Waals surface area contributed by atoms with Gasteiger partial charge in [0.2, 0.25) is 0 Å². The molecule has 0 radical (unpaired) electrons. The highest BCUT2D eigenvalue weighted by atomic mass is 16.6. The number of carbonyl (C=O) groups is 1. The second kappa shape index (κ2) is 8.23. The lowest BCUT2D eigenvalue weighted by Crippen LogP contribution is -2.32. The lowest BCUT2D eigenvalue weighted by molar-refractivity contribution is 0.0441. The lowest BCUT2D eigenvalue weighted by Gasteiger charge is -2.25. The van der Waals surface area contributed by atoms with Crippen molar-refractivity contribution in [1.29, 1.82) is 0 Å². The van der Waals surface area contributed by atoms with Crippen molar-refractivity contribution in [1.82, 2.24) is 4.90 Å². The molecule has 1 unspecified atom stereocenters. The average molecular weight is 267 g/mol. The fourth-order valence-corrected chi connectivity index (χ4v) is 2.69. The number of rotatable bonds is 10. The van der Waals surface area contributed by atoms with Crippen LogP contribution in [0.5, 0.6) is 0 Å². The van der Waals surface area contributed by atoms with Crippen molar-refractivity contribution >= 4 is 6.09 Å². The van der Waals surface area contributed by atoms with E-state index in [2.05, 4.69) is 20.4 Å². The Morgan fingerprint density at radius 3 is 2.37 bits per heavy atom. The number of hydrogen-bond acceptors (Lipinski definition) is 2. The summed E-state index contributed by atoms with van der Waals surface area (Å²) in [7, 11) is 0. The summed E-state index contributed by atoms with van der Waals surface area (Å²) in [4.78, 5) is 13.2. The molecule has 1 amide bonds. The van der Waals surface area contributed by atoms with Crippen LogP contribution in [0, 0.1) is 0 Å². The van der Waals surface area contributed by atoms with Gasteiger partial charge in [0.05, 0.1) is 6.54 Å². The first kappa shape index (κ1) is 16.1. The quantitative estimate of drug-likeness (QED) is 0.528. The van der Waals surface area contributed by atoms with E-state index in [0.29, 0.717) is 6.54 Å². The first-order valence-electron chi connectivity index (χ1n) is 7.79. The molecule has 1 rings (SSSR count). The Labute approximate surface area is 118 Å². The standard InChI is InChI=1S/C16H29NO2/c1-4-7-8-9-10-11-12-13-16(5-2)14-17(6-3)15(18)19-16/h6H,3-5,7-14H2,1-2H3. The van der Waals surface area contributed by atoms with Gasteiger partial charge in [-0.3, -0.25) is 4.90 Å². The Bertz CT molecular complexity index is 290. The summed E-state index contributed by atoms with van der Waals surface area (Å²) < 4.78 is 5.56. The van der Waals surface area contributed by atoms with Crippen molar-refractivity contribution in [2.45, 2.75) is 77.2 Å². The summed E-state index contributed by atoms with van der Waals surface area (Å²) in [6, 6.07) is 0. The van der Waals surface area contributed by atoms with Gasteiger partial charge in [-0.1, -0.05) is 59.0 Å². The van der Waals surface area contributed by atoms with E-state index < -0.39 is 0 Å². The largest absolute Gasteiger partial charge is 0.441 e. The van der Waals surface area contributed by atoms with E-state index in [0.717, 1.165) is 19.3 Å². The Morgan fingerprint density at radius 1 is 1.21 bits per heavy atom. The van der Waals surface area contributed by atoms with Gasteiger partial charge in [0.25, 0.3) is 0 Å². The molecular weight excluding hydrogens is 238 g/mol. The molecule has 1 saturated heterocycles. The molecule has 1 fully saturated rings. The van der Waals surface area contributed by atoms with Gasteiger partial charge < -0.3 is 4.74 Å². The van der Waals surface area contributed by atoms with Crippen LogP contribution in [-0.2, 0) is 4.74 Å². The molecule has 1 atom stereocenters. The van der Waals surface area contributed by atoms with Crippen molar-refractivity contribution in [2.24, 2.45) is 0 Å². The van der Waals surface area contributed by atoms with E-state index in [4.69, 9.17) is 4.74 Å². The number of unbranched alkanes of at least 4 members (excludes halogenated alkanes) is 6. The van der Waals surface area contributed by atoms with Crippen molar-refractivity contribution in [3.63, 3.8) is 0 Å². The van der Waals surface area contributed by atoms with Gasteiger partial charge in [0.15, 0.2) is 0 Å². The summed E-state index contributed by atoms with van der Waals surface area (Å²) in [5, 5.41) is 0. The van der Waals surface area contributed by atoms with Gasteiger partial charge in [0.1, 0.15) is 5.60 Å². The second-order valence-electron chi connectivity index (χ2n) is 5.59. The molecule has 110 valence electrons. The number of nitrogens with zero attached hydrogens (tertiary/aromatic N) is 1. The van der Waals surface area contributed by atoms with Crippen LogP contribution in [0.4, 0.5) is 4.79 Å². The number of amides is 1. The van der Waals surface area contributed by atoms with E-state index >= 15 is 0 Å². The van der Waals surface area contributed by atoms with E-state index in [1.54, 1.807) is 11.1 Å². The Morgan fingerprint density at radius 2 is 1.84 bits per heavy atom. The van der Waals surface area contributed by atoms with Crippen molar-refractivity contribution in [3.05, 3.63) is 12.8 Å². The first-order valence-corrected chi connectivity index (χ1v) is 7.79. The highest BCUT2D eigenvalue weighted by molar-refractivity contribution is 5.71. The third-order valence-electron chi connectivity index (χ3n) is 4.10. The molecular formula is C16H29NO2. The summed E-state index contributed by atoms with van der Waals surface area (Å²) >= 11 is 0. The number of cyclic esters (lactones) is 1. The van der Waals surface area contributed by atoms with Crippen LogP contribution in [0.15, 0.2) is 12.8 Å². The van der Waals surface area contributed by atoms with Crippen LogP contribution < -0.4 is 0 Å². The molecule has 0 aliphatic carbocycles. The zero-order valence-corrected chi connectivity index (χ0v) is 12.6. The Balaban J connectivity index is 2.22. The van der Waals surface area contributed by atoms with Gasteiger partial charge in [0, 0.05) is 6.20 Å². The van der Waals surface area contributed by atoms with Crippen LogP contribution in [0.2, 0.25) is 0 Å². The van der Waals surface area contributed by atoms with Gasteiger partial charge in [-0.25, -0.2) is 4.79 Å². The van der Waals surface area contributed by atoms with Crippen molar-refractivity contribution in [3.8, 4) is 0 Å². The predicted octanol–water partition coefficient (Wildman–Crippen LogP) is 4.87. The van der Waals surface area contributed by atoms with Crippen molar-refractivity contribution < 1.29 is 9.53 Å². The SMILES string of the molecule is C=CN1CC(CC)(CCCCCCCCC)OC1=O. The van der Waals surface area contributed by atoms with Crippen LogP contribution in [0.3, 0.4) is 0 Å². The van der Waals surface area contributed by atoms with Gasteiger partial charge in [-0.05, 0) is 19.3 Å². The summed E-state index contributed by atoms with van der Waals surface area (Å²) in [6.45, 7) is 8.66. The molecule has 19 heavy (non-hydrogen) atoms. The highest BCUT2D eigenvalue weighted by Crippen LogP contribution is 2.31. The van der Waals surface area contributed by atoms with Gasteiger partial charge in [-0.2, -0.15) is 0 Å². The van der Waals surface area contributed by atoms with E-state index in [1.807, 2.05) is 0 Å². The monoisotopic (exact) mass is 267 g/mol.